The predicted octanol–water partition coefficient (Wildman–Crippen LogP) is -0.0538. The van der Waals surface area contributed by atoms with Crippen LogP contribution in [0.2, 0.25) is 0 Å². The van der Waals surface area contributed by atoms with Crippen molar-refractivity contribution in [3.05, 3.63) is 0 Å². The molecule has 0 spiro atoms. The Hall–Kier alpha value is -0.170. The Balaban J connectivity index is 2.47. The topological polar surface area (TPSA) is 84.2 Å². The Labute approximate surface area is 92.0 Å². The van der Waals surface area contributed by atoms with Crippen LogP contribution in [0.15, 0.2) is 0 Å². The summed E-state index contributed by atoms with van der Waals surface area (Å²) in [4.78, 5) is 0. The van der Waals surface area contributed by atoms with Crippen LogP contribution in [0, 0.1) is 5.92 Å². The predicted molar refractivity (Wildman–Crippen MR) is 60.5 cm³/mol. The second kappa shape index (κ2) is 5.25. The second-order valence-corrected chi connectivity index (χ2v) is 5.92. The summed E-state index contributed by atoms with van der Waals surface area (Å²) < 4.78 is 28.5. The molecule has 5 nitrogen and oxygen atoms in total. The summed E-state index contributed by atoms with van der Waals surface area (Å²) in [5.74, 6) is 0.254. The Morgan fingerprint density at radius 3 is 2.40 bits per heavy atom. The van der Waals surface area contributed by atoms with Crippen LogP contribution in [0.25, 0.3) is 0 Å². The van der Waals surface area contributed by atoms with Gasteiger partial charge < -0.3 is 5.73 Å². The highest BCUT2D eigenvalue weighted by atomic mass is 32.2. The molecular formula is C9H21N3O2S. The van der Waals surface area contributed by atoms with Crippen molar-refractivity contribution in [1.82, 2.24) is 9.44 Å². The molecule has 0 bridgehead atoms. The molecular weight excluding hydrogens is 214 g/mol. The average Bonchev–Trinajstić information content (AvgIpc) is 2.86. The Morgan fingerprint density at radius 1 is 1.40 bits per heavy atom. The van der Waals surface area contributed by atoms with Gasteiger partial charge in [0.05, 0.1) is 0 Å². The van der Waals surface area contributed by atoms with Gasteiger partial charge in [-0.2, -0.15) is 17.9 Å². The van der Waals surface area contributed by atoms with Crippen LogP contribution in [0.3, 0.4) is 0 Å². The van der Waals surface area contributed by atoms with Crippen molar-refractivity contribution in [2.75, 3.05) is 6.54 Å². The number of rotatable bonds is 7. The first-order chi connectivity index (χ1) is 6.94. The quantitative estimate of drug-likeness (QED) is 0.578. The second-order valence-electron chi connectivity index (χ2n) is 4.44. The maximum atomic E-state index is 11.6. The van der Waals surface area contributed by atoms with Crippen LogP contribution < -0.4 is 15.2 Å². The molecule has 15 heavy (non-hydrogen) atoms. The van der Waals surface area contributed by atoms with Gasteiger partial charge in [-0.15, -0.1) is 0 Å². The zero-order chi connectivity index (χ0) is 11.5. The lowest BCUT2D eigenvalue weighted by Gasteiger charge is -2.21. The van der Waals surface area contributed by atoms with E-state index in [0.29, 0.717) is 13.0 Å². The minimum absolute atomic E-state index is 0.0775. The fourth-order valence-corrected chi connectivity index (χ4v) is 2.89. The number of hydrogen-bond acceptors (Lipinski definition) is 3. The summed E-state index contributed by atoms with van der Waals surface area (Å²) >= 11 is 0. The lowest BCUT2D eigenvalue weighted by molar-refractivity contribution is 0.425. The summed E-state index contributed by atoms with van der Waals surface area (Å²) in [5, 5.41) is 0. The normalized spacial score (nSPS) is 19.5. The van der Waals surface area contributed by atoms with Crippen molar-refractivity contribution in [1.29, 1.82) is 0 Å². The van der Waals surface area contributed by atoms with Crippen molar-refractivity contribution < 1.29 is 8.42 Å². The van der Waals surface area contributed by atoms with E-state index in [2.05, 4.69) is 9.44 Å². The number of nitrogens with two attached hydrogens (primary N) is 1. The van der Waals surface area contributed by atoms with E-state index >= 15 is 0 Å². The molecule has 1 aliphatic carbocycles. The maximum Gasteiger partial charge on any atom is 0.277 e. The zero-order valence-electron chi connectivity index (χ0n) is 9.36. The van der Waals surface area contributed by atoms with E-state index in [1.807, 2.05) is 13.8 Å². The van der Waals surface area contributed by atoms with E-state index in [4.69, 9.17) is 5.73 Å². The third-order valence-corrected chi connectivity index (χ3v) is 3.74. The van der Waals surface area contributed by atoms with Crippen LogP contribution in [0.1, 0.15) is 33.1 Å². The van der Waals surface area contributed by atoms with E-state index in [9.17, 15) is 8.42 Å². The van der Waals surface area contributed by atoms with Crippen molar-refractivity contribution in [3.8, 4) is 0 Å². The largest absolute Gasteiger partial charge is 0.330 e. The molecule has 0 heterocycles. The van der Waals surface area contributed by atoms with Gasteiger partial charge in [0.15, 0.2) is 0 Å². The van der Waals surface area contributed by atoms with E-state index in [-0.39, 0.29) is 18.0 Å². The van der Waals surface area contributed by atoms with E-state index in [1.54, 1.807) is 0 Å². The molecule has 6 heteroatoms. The Morgan fingerprint density at radius 2 is 2.00 bits per heavy atom. The molecule has 4 N–H and O–H groups in total. The molecule has 1 saturated carbocycles. The molecule has 1 rings (SSSR count). The summed E-state index contributed by atoms with van der Waals surface area (Å²) in [7, 11) is -3.34. The molecule has 90 valence electrons. The minimum Gasteiger partial charge on any atom is -0.330 e. The molecule has 1 aliphatic rings. The summed E-state index contributed by atoms with van der Waals surface area (Å²) in [6.07, 6.45) is 2.57. The standard InChI is InChI=1S/C9H21N3O2S/c1-7(2)9(5-6-10)12-15(13,14)11-8-3-4-8/h7-9,11-12H,3-6,10H2,1-2H3. The molecule has 0 saturated heterocycles. The molecule has 0 aromatic carbocycles. The van der Waals surface area contributed by atoms with Gasteiger partial charge in [-0.05, 0) is 31.7 Å². The number of nitrogens with one attached hydrogen (secondary N) is 2. The van der Waals surface area contributed by atoms with E-state index in [1.165, 1.54) is 0 Å². The maximum absolute atomic E-state index is 11.6. The molecule has 1 fully saturated rings. The lowest BCUT2D eigenvalue weighted by atomic mass is 10.0. The highest BCUT2D eigenvalue weighted by Crippen LogP contribution is 2.19. The van der Waals surface area contributed by atoms with Gasteiger partial charge in [-0.3, -0.25) is 0 Å². The van der Waals surface area contributed by atoms with Crippen molar-refractivity contribution >= 4 is 10.2 Å². The molecule has 0 radical (unpaired) electrons. The summed E-state index contributed by atoms with van der Waals surface area (Å²) in [6.45, 7) is 4.47. The smallest absolute Gasteiger partial charge is 0.277 e. The molecule has 0 aliphatic heterocycles. The average molecular weight is 235 g/mol. The van der Waals surface area contributed by atoms with Crippen LogP contribution in [-0.4, -0.2) is 27.0 Å². The highest BCUT2D eigenvalue weighted by molar-refractivity contribution is 7.87. The number of hydrogen-bond donors (Lipinski definition) is 3. The molecule has 1 unspecified atom stereocenters. The first kappa shape index (κ1) is 12.9. The fourth-order valence-electron chi connectivity index (χ4n) is 1.36. The lowest BCUT2D eigenvalue weighted by Crippen LogP contribution is -2.46. The van der Waals surface area contributed by atoms with Gasteiger partial charge in [0.25, 0.3) is 10.2 Å². The van der Waals surface area contributed by atoms with Crippen LogP contribution in [0.4, 0.5) is 0 Å². The minimum atomic E-state index is -3.34. The fraction of sp³-hybridized carbons (Fsp3) is 1.00. The van der Waals surface area contributed by atoms with Crippen LogP contribution >= 0.6 is 0 Å². The van der Waals surface area contributed by atoms with E-state index in [0.717, 1.165) is 12.8 Å². The van der Waals surface area contributed by atoms with Crippen LogP contribution in [0.5, 0.6) is 0 Å². The zero-order valence-corrected chi connectivity index (χ0v) is 10.2. The Kier molecular flexibility index (Phi) is 4.51. The van der Waals surface area contributed by atoms with Crippen molar-refractivity contribution in [3.63, 3.8) is 0 Å². The first-order valence-corrected chi connectivity index (χ1v) is 6.92. The van der Waals surface area contributed by atoms with Gasteiger partial charge in [0, 0.05) is 12.1 Å². The molecule has 0 aromatic rings. The van der Waals surface area contributed by atoms with Crippen molar-refractivity contribution in [2.45, 2.75) is 45.2 Å². The third kappa shape index (κ3) is 4.92. The van der Waals surface area contributed by atoms with Crippen molar-refractivity contribution in [2.24, 2.45) is 11.7 Å². The molecule has 0 amide bonds. The first-order valence-electron chi connectivity index (χ1n) is 5.44. The SMILES string of the molecule is CC(C)C(CCN)NS(=O)(=O)NC1CC1. The van der Waals surface area contributed by atoms with E-state index < -0.39 is 10.2 Å². The molecule has 0 aromatic heterocycles. The third-order valence-electron chi connectivity index (χ3n) is 2.49. The van der Waals surface area contributed by atoms with Gasteiger partial charge in [0.2, 0.25) is 0 Å². The van der Waals surface area contributed by atoms with Gasteiger partial charge in [0.1, 0.15) is 0 Å². The Bertz CT molecular complexity index is 286. The monoisotopic (exact) mass is 235 g/mol. The van der Waals surface area contributed by atoms with Gasteiger partial charge in [-0.1, -0.05) is 13.8 Å². The molecule has 1 atom stereocenters. The highest BCUT2D eigenvalue weighted by Gasteiger charge is 2.28. The van der Waals surface area contributed by atoms with Gasteiger partial charge in [-0.25, -0.2) is 0 Å². The summed E-state index contributed by atoms with van der Waals surface area (Å²) in [5.41, 5.74) is 5.44. The van der Waals surface area contributed by atoms with Gasteiger partial charge >= 0.3 is 0 Å². The summed E-state index contributed by atoms with van der Waals surface area (Å²) in [6, 6.07) is 0.0689. The van der Waals surface area contributed by atoms with Crippen LogP contribution in [-0.2, 0) is 10.2 Å².